The molecule has 12 nitrogen and oxygen atoms in total. The number of piperidine rings is 1. The number of hydrogen-bond donors (Lipinski definition) is 1. The van der Waals surface area contributed by atoms with Gasteiger partial charge in [0.05, 0.1) is 40.1 Å². The van der Waals surface area contributed by atoms with Gasteiger partial charge in [-0.25, -0.2) is 18.4 Å². The third-order valence-corrected chi connectivity index (χ3v) is 11.0. The fourth-order valence-electron chi connectivity index (χ4n) is 6.11. The summed E-state index contributed by atoms with van der Waals surface area (Å²) >= 11 is 6.40. The first kappa shape index (κ1) is 27.6. The Kier molecular flexibility index (Phi) is 7.08. The second-order valence-corrected chi connectivity index (χ2v) is 14.1. The summed E-state index contributed by atoms with van der Waals surface area (Å²) in [5, 5.41) is 13.2. The van der Waals surface area contributed by atoms with Gasteiger partial charge in [-0.2, -0.15) is 14.3 Å². The van der Waals surface area contributed by atoms with Gasteiger partial charge < -0.3 is 15.1 Å². The van der Waals surface area contributed by atoms with Crippen molar-refractivity contribution in [3.63, 3.8) is 0 Å². The molecular weight excluding hydrogens is 576 g/mol. The molecule has 2 aliphatic heterocycles. The van der Waals surface area contributed by atoms with E-state index >= 15 is 0 Å². The van der Waals surface area contributed by atoms with Gasteiger partial charge in [-0.15, -0.1) is 0 Å². The molecule has 1 aliphatic carbocycles. The highest BCUT2D eigenvalue weighted by Crippen LogP contribution is 2.34. The zero-order valence-corrected chi connectivity index (χ0v) is 25.4. The fraction of sp³-hybridized carbons (Fsp3) is 0.500. The minimum absolute atomic E-state index is 0.310. The summed E-state index contributed by atoms with van der Waals surface area (Å²) in [6.45, 7) is 6.67. The quantitative estimate of drug-likeness (QED) is 0.334. The van der Waals surface area contributed by atoms with E-state index in [0.717, 1.165) is 78.6 Å². The van der Waals surface area contributed by atoms with E-state index in [4.69, 9.17) is 16.7 Å². The molecule has 0 bridgehead atoms. The predicted molar refractivity (Wildman–Crippen MR) is 164 cm³/mol. The Balaban J connectivity index is 1.07. The van der Waals surface area contributed by atoms with E-state index < -0.39 is 10.0 Å². The summed E-state index contributed by atoms with van der Waals surface area (Å²) in [6, 6.07) is 6.75. The first-order valence-electron chi connectivity index (χ1n) is 14.5. The Morgan fingerprint density at radius 1 is 0.976 bits per heavy atom. The van der Waals surface area contributed by atoms with Crippen molar-refractivity contribution in [3.8, 4) is 11.3 Å². The van der Waals surface area contributed by atoms with E-state index in [1.807, 2.05) is 23.9 Å². The maximum absolute atomic E-state index is 12.6. The molecule has 14 heteroatoms. The monoisotopic (exact) mass is 610 g/mol. The van der Waals surface area contributed by atoms with E-state index in [1.165, 1.54) is 18.6 Å². The van der Waals surface area contributed by atoms with E-state index in [0.29, 0.717) is 41.1 Å². The maximum atomic E-state index is 12.6. The number of fused-ring (bicyclic) bond motifs is 1. The Morgan fingerprint density at radius 2 is 1.74 bits per heavy atom. The van der Waals surface area contributed by atoms with Crippen LogP contribution in [0.1, 0.15) is 25.7 Å². The average Bonchev–Trinajstić information content (AvgIpc) is 3.64. The van der Waals surface area contributed by atoms with Gasteiger partial charge >= 0.3 is 0 Å². The summed E-state index contributed by atoms with van der Waals surface area (Å²) in [4.78, 5) is 16.5. The smallest absolute Gasteiger partial charge is 0.256 e. The summed E-state index contributed by atoms with van der Waals surface area (Å²) in [5.41, 5.74) is 2.60. The van der Waals surface area contributed by atoms with Gasteiger partial charge in [-0.05, 0) is 50.9 Å². The topological polar surface area (TPSA) is 117 Å². The fourth-order valence-corrected chi connectivity index (χ4v) is 7.79. The third-order valence-electron chi connectivity index (χ3n) is 8.66. The van der Waals surface area contributed by atoms with Crippen LogP contribution in [0, 0.1) is 0 Å². The standard InChI is InChI=1S/C28H35ClN10O2S/c1-35-11-13-37(14-12-35)21-7-9-38(10-8-21)27-23-6-3-20(15-25(23)34-36(27)2)32-28-30-17-24(29)26(33-28)19-16-31-39(18-19)42(40,41)22-4-5-22/h3,6,15-18,21-22H,4-5,7-14H2,1-2H3,(H,30,32,33). The second kappa shape index (κ2) is 10.8. The zero-order chi connectivity index (χ0) is 29.0. The highest BCUT2D eigenvalue weighted by molar-refractivity contribution is 7.90. The summed E-state index contributed by atoms with van der Waals surface area (Å²) in [7, 11) is 0.735. The number of piperazine rings is 1. The Bertz CT molecular complexity index is 1720. The van der Waals surface area contributed by atoms with Gasteiger partial charge in [0.25, 0.3) is 10.0 Å². The van der Waals surface area contributed by atoms with Crippen LogP contribution in [0.5, 0.6) is 0 Å². The second-order valence-electron chi connectivity index (χ2n) is 11.6. The van der Waals surface area contributed by atoms with Crippen molar-refractivity contribution in [2.75, 3.05) is 56.5 Å². The van der Waals surface area contributed by atoms with E-state index in [1.54, 1.807) is 0 Å². The van der Waals surface area contributed by atoms with Crippen molar-refractivity contribution in [3.05, 3.63) is 41.8 Å². The summed E-state index contributed by atoms with van der Waals surface area (Å²) < 4.78 is 28.1. The molecule has 4 aromatic rings. The van der Waals surface area contributed by atoms with Crippen LogP contribution in [0.25, 0.3) is 22.2 Å². The van der Waals surface area contributed by atoms with Crippen molar-refractivity contribution in [1.29, 1.82) is 0 Å². The molecule has 0 unspecified atom stereocenters. The first-order chi connectivity index (χ1) is 20.3. The number of aromatic nitrogens is 6. The number of aryl methyl sites for hydroxylation is 1. The van der Waals surface area contributed by atoms with Gasteiger partial charge in [0, 0.05) is 69.0 Å². The van der Waals surface area contributed by atoms with Crippen molar-refractivity contribution in [2.24, 2.45) is 7.05 Å². The van der Waals surface area contributed by atoms with E-state index in [-0.39, 0.29) is 5.25 Å². The average molecular weight is 611 g/mol. The Hall–Kier alpha value is -3.26. The third kappa shape index (κ3) is 5.23. The van der Waals surface area contributed by atoms with Crippen LogP contribution < -0.4 is 10.2 Å². The van der Waals surface area contributed by atoms with E-state index in [9.17, 15) is 8.42 Å². The number of nitrogens with one attached hydrogen (secondary N) is 1. The molecule has 0 amide bonds. The molecule has 2 saturated heterocycles. The van der Waals surface area contributed by atoms with Gasteiger partial charge in [-0.1, -0.05) is 11.6 Å². The molecule has 222 valence electrons. The SMILES string of the molecule is CN1CCN(C2CCN(c3c4ccc(Nc5ncc(Cl)c(-c6cnn(S(=O)(=O)C7CC7)c6)n5)cc4nn3C)CC2)CC1. The zero-order valence-electron chi connectivity index (χ0n) is 23.8. The lowest BCUT2D eigenvalue weighted by atomic mass is 10.0. The lowest BCUT2D eigenvalue weighted by molar-refractivity contribution is 0.0981. The van der Waals surface area contributed by atoms with Gasteiger partial charge in [0.15, 0.2) is 0 Å². The molecule has 0 radical (unpaired) electrons. The van der Waals surface area contributed by atoms with Crippen LogP contribution in [0.4, 0.5) is 17.5 Å². The number of anilines is 3. The number of nitrogens with zero attached hydrogens (tertiary/aromatic N) is 9. The molecule has 5 heterocycles. The molecule has 3 aliphatic rings. The van der Waals surface area contributed by atoms with Crippen molar-refractivity contribution < 1.29 is 8.42 Å². The molecule has 3 aromatic heterocycles. The lowest BCUT2D eigenvalue weighted by Gasteiger charge is -2.42. The van der Waals surface area contributed by atoms with Crippen LogP contribution in [0.2, 0.25) is 5.02 Å². The van der Waals surface area contributed by atoms with Crippen molar-refractivity contribution in [1.82, 2.24) is 38.7 Å². The molecule has 0 spiro atoms. The number of benzene rings is 1. The normalized spacial score (nSPS) is 19.5. The largest absolute Gasteiger partial charge is 0.356 e. The molecule has 3 fully saturated rings. The number of rotatable bonds is 7. The van der Waals surface area contributed by atoms with E-state index in [2.05, 4.69) is 48.2 Å². The molecule has 7 rings (SSSR count). The van der Waals surface area contributed by atoms with Crippen LogP contribution in [0.3, 0.4) is 0 Å². The van der Waals surface area contributed by atoms with Crippen LogP contribution >= 0.6 is 11.6 Å². The minimum Gasteiger partial charge on any atom is -0.356 e. The summed E-state index contributed by atoms with van der Waals surface area (Å²) in [6.07, 6.45) is 8.08. The molecule has 0 atom stereocenters. The highest BCUT2D eigenvalue weighted by atomic mass is 35.5. The Labute approximate surface area is 250 Å². The number of hydrogen-bond acceptors (Lipinski definition) is 10. The first-order valence-corrected chi connectivity index (χ1v) is 16.4. The van der Waals surface area contributed by atoms with Crippen LogP contribution in [0.15, 0.2) is 36.8 Å². The highest BCUT2D eigenvalue weighted by Gasteiger charge is 2.38. The molecule has 1 aromatic carbocycles. The van der Waals surface area contributed by atoms with Gasteiger partial charge in [-0.3, -0.25) is 9.58 Å². The number of halogens is 1. The lowest BCUT2D eigenvalue weighted by Crippen LogP contribution is -2.52. The molecule has 1 saturated carbocycles. The Morgan fingerprint density at radius 3 is 2.48 bits per heavy atom. The minimum atomic E-state index is -3.48. The molecule has 42 heavy (non-hydrogen) atoms. The predicted octanol–water partition coefficient (Wildman–Crippen LogP) is 3.18. The summed E-state index contributed by atoms with van der Waals surface area (Å²) in [5.74, 6) is 1.49. The molecule has 1 N–H and O–H groups in total. The van der Waals surface area contributed by atoms with Gasteiger partial charge in [0.2, 0.25) is 5.95 Å². The van der Waals surface area contributed by atoms with Gasteiger partial charge in [0.1, 0.15) is 5.82 Å². The molecular formula is C28H35ClN10O2S. The maximum Gasteiger partial charge on any atom is 0.256 e. The van der Waals surface area contributed by atoms with Crippen molar-refractivity contribution in [2.45, 2.75) is 37.0 Å². The van der Waals surface area contributed by atoms with Crippen LogP contribution in [-0.4, -0.2) is 105 Å². The van der Waals surface area contributed by atoms with Crippen molar-refractivity contribution >= 4 is 50.0 Å². The van der Waals surface area contributed by atoms with Crippen LogP contribution in [-0.2, 0) is 17.1 Å². The number of likely N-dealkylation sites (N-methyl/N-ethyl adjacent to an activating group) is 1.